The van der Waals surface area contributed by atoms with Gasteiger partial charge >= 0.3 is 0 Å². The summed E-state index contributed by atoms with van der Waals surface area (Å²) in [5, 5.41) is 3.24. The van der Waals surface area contributed by atoms with E-state index in [0.29, 0.717) is 22.3 Å². The van der Waals surface area contributed by atoms with E-state index in [2.05, 4.69) is 33.8 Å². The maximum atomic E-state index is 14.7. The smallest absolute Gasteiger partial charge is 0.192 e. The van der Waals surface area contributed by atoms with Crippen LogP contribution in [0.2, 0.25) is 0 Å². The largest absolute Gasteiger partial charge is 0.371 e. The highest BCUT2D eigenvalue weighted by Gasteiger charge is 2.32. The van der Waals surface area contributed by atoms with E-state index in [1.807, 2.05) is 33.2 Å². The van der Waals surface area contributed by atoms with Crippen LogP contribution in [0.1, 0.15) is 56.7 Å². The van der Waals surface area contributed by atoms with Gasteiger partial charge in [-0.15, -0.1) is 11.3 Å². The summed E-state index contributed by atoms with van der Waals surface area (Å²) in [4.78, 5) is 16.5. The molecule has 3 aliphatic rings. The molecule has 1 N–H and O–H groups in total. The summed E-state index contributed by atoms with van der Waals surface area (Å²) in [6.45, 7) is 10.2. The lowest BCUT2D eigenvalue weighted by molar-refractivity contribution is 0.111. The van der Waals surface area contributed by atoms with Crippen molar-refractivity contribution < 1.29 is 4.39 Å². The Balaban J connectivity index is 0.000000313. The van der Waals surface area contributed by atoms with E-state index < -0.39 is 5.82 Å². The summed E-state index contributed by atoms with van der Waals surface area (Å²) in [5.41, 5.74) is 1.33. The Hall–Kier alpha value is -2.25. The lowest BCUT2D eigenvalue weighted by atomic mass is 9.65. The molecule has 3 fully saturated rings. The predicted octanol–water partition coefficient (Wildman–Crippen LogP) is 7.60. The normalized spacial score (nSPS) is 21.9. The molecule has 35 heavy (non-hydrogen) atoms. The molecule has 2 bridgehead atoms. The first kappa shape index (κ1) is 27.3. The number of nitrogens with zero attached hydrogens (tertiary/aromatic N) is 4. The van der Waals surface area contributed by atoms with Gasteiger partial charge in [0.05, 0.1) is 11.1 Å². The van der Waals surface area contributed by atoms with Crippen LogP contribution in [0.5, 0.6) is 0 Å². The molecule has 0 amide bonds. The third-order valence-electron chi connectivity index (χ3n) is 6.96. The fourth-order valence-corrected chi connectivity index (χ4v) is 5.59. The maximum Gasteiger partial charge on any atom is 0.192 e. The molecule has 2 heterocycles. The van der Waals surface area contributed by atoms with E-state index in [-0.39, 0.29) is 11.5 Å². The van der Waals surface area contributed by atoms with Gasteiger partial charge in [-0.1, -0.05) is 37.9 Å². The molecule has 0 radical (unpaired) electrons. The molecule has 0 aliphatic heterocycles. The van der Waals surface area contributed by atoms with Crippen LogP contribution in [0.15, 0.2) is 35.1 Å². The monoisotopic (exact) mass is 517 g/mol. The van der Waals surface area contributed by atoms with Crippen molar-refractivity contribution in [2.45, 2.75) is 52.9 Å². The van der Waals surface area contributed by atoms with Crippen molar-refractivity contribution in [1.82, 2.24) is 14.9 Å². The number of fused-ring (bicyclic) bond motifs is 3. The number of halogens is 2. The lowest BCUT2D eigenvalue weighted by Crippen LogP contribution is -2.29. The molecule has 8 heteroatoms. The van der Waals surface area contributed by atoms with E-state index in [9.17, 15) is 4.39 Å². The minimum atomic E-state index is -0.490. The Bertz CT molecular complexity index is 1100. The summed E-state index contributed by atoms with van der Waals surface area (Å²) >= 11 is 7.52. The third kappa shape index (κ3) is 6.91. The van der Waals surface area contributed by atoms with Crippen LogP contribution in [0.4, 0.5) is 10.2 Å². The fourth-order valence-electron chi connectivity index (χ4n) is 4.69. The zero-order valence-corrected chi connectivity index (χ0v) is 23.2. The van der Waals surface area contributed by atoms with Crippen molar-refractivity contribution in [2.24, 2.45) is 22.7 Å². The summed E-state index contributed by atoms with van der Waals surface area (Å²) in [6.07, 6.45) is 9.26. The standard InChI is InChI=1S/C18H21ClFN5S.C9H16/c1-10-7-8-13(26-10)16-15(20)18(21-4)24-17(23-16)11(2)12(3)22-9-14(19)25(5)6;1-7-6-8-2-4-9(7)5-3-8/h7-9H,2H2,1,3-6H3,(H,21,23,24);7-9H,2-6H2,1H3/b14-9-,22-12?;. The number of rotatable bonds is 6. The average Bonchev–Trinajstić information content (AvgIpc) is 3.28. The summed E-state index contributed by atoms with van der Waals surface area (Å²) in [6, 6.07) is 3.77. The van der Waals surface area contributed by atoms with Gasteiger partial charge in [-0.25, -0.2) is 14.4 Å². The Kier molecular flexibility index (Phi) is 9.47. The minimum Gasteiger partial charge on any atom is -0.371 e. The molecule has 1 atom stereocenters. The molecular weight excluding hydrogens is 481 g/mol. The quantitative estimate of drug-likeness (QED) is 0.316. The highest BCUT2D eigenvalue weighted by molar-refractivity contribution is 7.15. The number of nitrogens with one attached hydrogen (secondary N) is 1. The van der Waals surface area contributed by atoms with Gasteiger partial charge in [-0.3, -0.25) is 4.99 Å². The Morgan fingerprint density at radius 3 is 2.40 bits per heavy atom. The molecule has 2 aromatic heterocycles. The first-order valence-corrected chi connectivity index (χ1v) is 13.4. The molecule has 0 aromatic carbocycles. The van der Waals surface area contributed by atoms with Crippen molar-refractivity contribution in [3.63, 3.8) is 0 Å². The van der Waals surface area contributed by atoms with Crippen molar-refractivity contribution in [1.29, 1.82) is 0 Å². The fraction of sp³-hybridized carbons (Fsp3) is 0.519. The van der Waals surface area contributed by atoms with E-state index in [1.165, 1.54) is 17.5 Å². The zero-order chi connectivity index (χ0) is 25.7. The van der Waals surface area contributed by atoms with Crippen molar-refractivity contribution in [3.8, 4) is 10.6 Å². The second-order valence-electron chi connectivity index (χ2n) is 9.75. The highest BCUT2D eigenvalue weighted by atomic mass is 35.5. The molecule has 0 saturated heterocycles. The van der Waals surface area contributed by atoms with Gasteiger partial charge in [0, 0.05) is 37.3 Å². The Morgan fingerprint density at radius 1 is 1.26 bits per heavy atom. The molecule has 5 nitrogen and oxygen atoms in total. The zero-order valence-electron chi connectivity index (χ0n) is 21.7. The van der Waals surface area contributed by atoms with Gasteiger partial charge in [0.1, 0.15) is 10.9 Å². The summed E-state index contributed by atoms with van der Waals surface area (Å²) < 4.78 is 14.7. The third-order valence-corrected chi connectivity index (χ3v) is 8.40. The second kappa shape index (κ2) is 12.1. The number of aryl methyl sites for hydroxylation is 1. The molecule has 1 unspecified atom stereocenters. The molecule has 3 aliphatic carbocycles. The molecule has 0 spiro atoms. The number of allylic oxidation sites excluding steroid dienone is 1. The molecule has 3 saturated carbocycles. The van der Waals surface area contributed by atoms with Crippen molar-refractivity contribution in [2.75, 3.05) is 26.5 Å². The van der Waals surface area contributed by atoms with E-state index in [1.54, 1.807) is 51.0 Å². The first-order valence-electron chi connectivity index (χ1n) is 12.2. The number of aliphatic imine (C=N–C) groups is 1. The van der Waals surface area contributed by atoms with Crippen LogP contribution in [0.25, 0.3) is 16.1 Å². The van der Waals surface area contributed by atoms with Crippen LogP contribution in [0.3, 0.4) is 0 Å². The number of aromatic nitrogens is 2. The van der Waals surface area contributed by atoms with Gasteiger partial charge in [-0.2, -0.15) is 0 Å². The molecular formula is C27H37ClFN5S. The molecule has 2 aromatic rings. The first-order chi connectivity index (χ1) is 16.6. The van der Waals surface area contributed by atoms with Gasteiger partial charge in [0.2, 0.25) is 0 Å². The van der Waals surface area contributed by atoms with Crippen LogP contribution >= 0.6 is 22.9 Å². The Morgan fingerprint density at radius 2 is 1.94 bits per heavy atom. The minimum absolute atomic E-state index is 0.117. The van der Waals surface area contributed by atoms with E-state index in [4.69, 9.17) is 11.6 Å². The van der Waals surface area contributed by atoms with E-state index >= 15 is 0 Å². The van der Waals surface area contributed by atoms with Crippen LogP contribution < -0.4 is 5.32 Å². The van der Waals surface area contributed by atoms with E-state index in [0.717, 1.165) is 27.5 Å². The van der Waals surface area contributed by atoms with Crippen molar-refractivity contribution >= 4 is 40.0 Å². The SMILES string of the molecule is C=C(C(C)=N/C=C(/Cl)N(C)C)c1nc(NC)c(F)c(-c2ccc(C)s2)n1.CC1CC2CCC1CC2. The number of anilines is 1. The summed E-state index contributed by atoms with van der Waals surface area (Å²) in [5.74, 6) is 3.26. The van der Waals surface area contributed by atoms with Crippen LogP contribution in [-0.4, -0.2) is 41.7 Å². The predicted molar refractivity (Wildman–Crippen MR) is 149 cm³/mol. The topological polar surface area (TPSA) is 53.4 Å². The van der Waals surface area contributed by atoms with Gasteiger partial charge in [-0.05, 0) is 63.0 Å². The molecule has 190 valence electrons. The van der Waals surface area contributed by atoms with Crippen LogP contribution in [0, 0.1) is 30.5 Å². The number of hydrogen-bond donors (Lipinski definition) is 1. The highest BCUT2D eigenvalue weighted by Crippen LogP contribution is 2.44. The second-order valence-corrected chi connectivity index (χ2v) is 11.4. The summed E-state index contributed by atoms with van der Waals surface area (Å²) in [7, 11) is 5.24. The average molecular weight is 518 g/mol. The number of hydrogen-bond acceptors (Lipinski definition) is 6. The van der Waals surface area contributed by atoms with Gasteiger partial charge < -0.3 is 10.2 Å². The number of thiophene rings is 1. The van der Waals surface area contributed by atoms with Gasteiger partial charge in [0.25, 0.3) is 0 Å². The van der Waals surface area contributed by atoms with Gasteiger partial charge in [0.15, 0.2) is 17.5 Å². The Labute approximate surface area is 218 Å². The maximum absolute atomic E-state index is 14.7. The molecule has 5 rings (SSSR count). The van der Waals surface area contributed by atoms with Crippen molar-refractivity contribution in [3.05, 3.63) is 46.6 Å². The lowest BCUT2D eigenvalue weighted by Gasteiger charge is -2.40. The van der Waals surface area contributed by atoms with Crippen LogP contribution in [-0.2, 0) is 0 Å².